The number of sulfonamides is 1. The molecule has 4 rings (SSSR count). The zero-order valence-electron chi connectivity index (χ0n) is 13.6. The maximum atomic E-state index is 13.7. The van der Waals surface area contributed by atoms with E-state index in [0.29, 0.717) is 12.2 Å². The van der Waals surface area contributed by atoms with Gasteiger partial charge in [-0.05, 0) is 24.6 Å². The topological polar surface area (TPSA) is 88.6 Å². The van der Waals surface area contributed by atoms with Gasteiger partial charge in [-0.3, -0.25) is 9.78 Å². The van der Waals surface area contributed by atoms with Crippen molar-refractivity contribution in [1.82, 2.24) is 14.6 Å². The normalized spacial score (nSPS) is 24.0. The first-order valence-corrected chi connectivity index (χ1v) is 9.55. The third-order valence-electron chi connectivity index (χ3n) is 4.58. The van der Waals surface area contributed by atoms with Crippen molar-refractivity contribution in [3.63, 3.8) is 0 Å². The van der Waals surface area contributed by atoms with Crippen LogP contribution in [0.5, 0.6) is 5.75 Å². The minimum absolute atomic E-state index is 0.114. The number of fused-ring (bicyclic) bond motifs is 2. The summed E-state index contributed by atoms with van der Waals surface area (Å²) in [6, 6.07) is 6.96. The van der Waals surface area contributed by atoms with Crippen LogP contribution < -0.4 is 10.1 Å². The van der Waals surface area contributed by atoms with Crippen LogP contribution in [0.4, 0.5) is 4.39 Å². The van der Waals surface area contributed by atoms with Crippen LogP contribution >= 0.6 is 0 Å². The molecule has 2 atom stereocenters. The highest BCUT2D eigenvalue weighted by Gasteiger charge is 2.44. The molecule has 7 nitrogen and oxygen atoms in total. The minimum Gasteiger partial charge on any atom is -0.490 e. The molecule has 0 bridgehead atoms. The number of pyridine rings is 1. The highest BCUT2D eigenvalue weighted by Crippen LogP contribution is 2.35. The number of carbonyl (C=O) groups excluding carboxylic acids is 1. The van der Waals surface area contributed by atoms with E-state index in [4.69, 9.17) is 4.74 Å². The number of ether oxygens (including phenoxy) is 1. The van der Waals surface area contributed by atoms with Crippen LogP contribution in [0.3, 0.4) is 0 Å². The monoisotopic (exact) mass is 377 g/mol. The SMILES string of the molecule is O=C(N[C@H]1C[C@H]2COc3ccccc3S(=O)(=O)N2C1)c1ccncc1F. The van der Waals surface area contributed by atoms with Crippen molar-refractivity contribution in [1.29, 1.82) is 0 Å². The lowest BCUT2D eigenvalue weighted by Gasteiger charge is -2.19. The molecular formula is C17H16FN3O4S. The van der Waals surface area contributed by atoms with Crippen molar-refractivity contribution in [3.05, 3.63) is 54.1 Å². The van der Waals surface area contributed by atoms with Crippen LogP contribution in [0, 0.1) is 5.82 Å². The fourth-order valence-electron chi connectivity index (χ4n) is 3.35. The highest BCUT2D eigenvalue weighted by molar-refractivity contribution is 7.89. The molecule has 1 amide bonds. The van der Waals surface area contributed by atoms with E-state index < -0.39 is 27.8 Å². The molecule has 0 aliphatic carbocycles. The van der Waals surface area contributed by atoms with E-state index in [1.54, 1.807) is 18.2 Å². The smallest absolute Gasteiger partial charge is 0.254 e. The maximum Gasteiger partial charge on any atom is 0.254 e. The number of aromatic nitrogens is 1. The van der Waals surface area contributed by atoms with Gasteiger partial charge >= 0.3 is 0 Å². The lowest BCUT2D eigenvalue weighted by atomic mass is 10.1. The Morgan fingerprint density at radius 1 is 1.31 bits per heavy atom. The van der Waals surface area contributed by atoms with E-state index in [9.17, 15) is 17.6 Å². The average Bonchev–Trinajstić information content (AvgIpc) is 3.00. The van der Waals surface area contributed by atoms with Gasteiger partial charge in [-0.15, -0.1) is 0 Å². The van der Waals surface area contributed by atoms with Crippen LogP contribution in [-0.4, -0.2) is 48.8 Å². The molecule has 1 aromatic carbocycles. The van der Waals surface area contributed by atoms with Crippen molar-refractivity contribution < 1.29 is 22.3 Å². The van der Waals surface area contributed by atoms with Crippen LogP contribution in [0.1, 0.15) is 16.8 Å². The van der Waals surface area contributed by atoms with E-state index in [-0.39, 0.29) is 29.7 Å². The molecule has 0 unspecified atom stereocenters. The number of benzene rings is 1. The quantitative estimate of drug-likeness (QED) is 0.849. The number of amides is 1. The molecular weight excluding hydrogens is 361 g/mol. The molecule has 1 aromatic heterocycles. The number of para-hydroxylation sites is 1. The number of nitrogens with zero attached hydrogens (tertiary/aromatic N) is 2. The third kappa shape index (κ3) is 2.82. The average molecular weight is 377 g/mol. The second-order valence-electron chi connectivity index (χ2n) is 6.25. The first-order valence-electron chi connectivity index (χ1n) is 8.11. The Hall–Kier alpha value is -2.52. The van der Waals surface area contributed by atoms with Crippen LogP contribution in [-0.2, 0) is 10.0 Å². The van der Waals surface area contributed by atoms with E-state index >= 15 is 0 Å². The summed E-state index contributed by atoms with van der Waals surface area (Å²) in [4.78, 5) is 16.0. The molecule has 1 fully saturated rings. The first kappa shape index (κ1) is 16.9. The van der Waals surface area contributed by atoms with Gasteiger partial charge in [-0.1, -0.05) is 12.1 Å². The molecule has 3 heterocycles. The largest absolute Gasteiger partial charge is 0.490 e. The van der Waals surface area contributed by atoms with Gasteiger partial charge in [-0.2, -0.15) is 4.31 Å². The van der Waals surface area contributed by atoms with Gasteiger partial charge in [0.1, 0.15) is 17.3 Å². The standard InChI is InChI=1S/C17H16FN3O4S/c18-14-8-19-6-5-13(14)17(22)20-11-7-12-10-25-15-3-1-2-4-16(15)26(23,24)21(12)9-11/h1-6,8,11-12H,7,9-10H2,(H,20,22)/t11-,12-/m0/s1. The van der Waals surface area contributed by atoms with Crippen molar-refractivity contribution in [2.75, 3.05) is 13.2 Å². The van der Waals surface area contributed by atoms with Gasteiger partial charge in [-0.25, -0.2) is 12.8 Å². The highest BCUT2D eigenvalue weighted by atomic mass is 32.2. The van der Waals surface area contributed by atoms with Gasteiger partial charge in [0.05, 0.1) is 17.8 Å². The van der Waals surface area contributed by atoms with Crippen molar-refractivity contribution in [3.8, 4) is 5.75 Å². The summed E-state index contributed by atoms with van der Waals surface area (Å²) in [5.74, 6) is -0.977. The second kappa shape index (κ2) is 6.33. The molecule has 0 radical (unpaired) electrons. The third-order valence-corrected chi connectivity index (χ3v) is 6.54. The lowest BCUT2D eigenvalue weighted by molar-refractivity contribution is 0.0934. The molecule has 1 saturated heterocycles. The molecule has 26 heavy (non-hydrogen) atoms. The van der Waals surface area contributed by atoms with Crippen molar-refractivity contribution in [2.24, 2.45) is 0 Å². The van der Waals surface area contributed by atoms with Gasteiger partial charge < -0.3 is 10.1 Å². The van der Waals surface area contributed by atoms with E-state index in [2.05, 4.69) is 10.3 Å². The van der Waals surface area contributed by atoms with Crippen LogP contribution in [0.25, 0.3) is 0 Å². The predicted octanol–water partition coefficient (Wildman–Crippen LogP) is 1.17. The van der Waals surface area contributed by atoms with E-state index in [1.807, 2.05) is 0 Å². The minimum atomic E-state index is -3.72. The number of carbonyl (C=O) groups is 1. The van der Waals surface area contributed by atoms with E-state index in [1.165, 1.54) is 22.6 Å². The number of nitrogens with one attached hydrogen (secondary N) is 1. The summed E-state index contributed by atoms with van der Waals surface area (Å²) >= 11 is 0. The van der Waals surface area contributed by atoms with E-state index in [0.717, 1.165) is 6.20 Å². The van der Waals surface area contributed by atoms with Gasteiger partial charge in [0.2, 0.25) is 10.0 Å². The Balaban J connectivity index is 1.55. The molecule has 2 aromatic rings. The first-order chi connectivity index (χ1) is 12.5. The predicted molar refractivity (Wildman–Crippen MR) is 89.7 cm³/mol. The summed E-state index contributed by atoms with van der Waals surface area (Å²) in [6.45, 7) is 0.315. The number of hydrogen-bond donors (Lipinski definition) is 1. The fraction of sp³-hybridized carbons (Fsp3) is 0.294. The van der Waals surface area contributed by atoms with Crippen LogP contribution in [0.2, 0.25) is 0 Å². The molecule has 9 heteroatoms. The number of hydrogen-bond acceptors (Lipinski definition) is 5. The van der Waals surface area contributed by atoms with Crippen LogP contribution in [0.15, 0.2) is 47.6 Å². The summed E-state index contributed by atoms with van der Waals surface area (Å²) < 4.78 is 46.6. The van der Waals surface area contributed by atoms with Gasteiger partial charge in [0.25, 0.3) is 5.91 Å². The molecule has 2 aliphatic rings. The zero-order chi connectivity index (χ0) is 18.3. The Bertz CT molecular complexity index is 966. The fourth-order valence-corrected chi connectivity index (χ4v) is 5.15. The Kier molecular flexibility index (Phi) is 4.12. The second-order valence-corrected chi connectivity index (χ2v) is 8.11. The zero-order valence-corrected chi connectivity index (χ0v) is 14.4. The van der Waals surface area contributed by atoms with Crippen molar-refractivity contribution >= 4 is 15.9 Å². The summed E-state index contributed by atoms with van der Waals surface area (Å²) in [6.07, 6.45) is 2.69. The Labute approximate surface area is 149 Å². The summed E-state index contributed by atoms with van der Waals surface area (Å²) in [7, 11) is -3.72. The molecule has 2 aliphatic heterocycles. The Morgan fingerprint density at radius 3 is 2.92 bits per heavy atom. The maximum absolute atomic E-state index is 13.7. The lowest BCUT2D eigenvalue weighted by Crippen LogP contribution is -2.39. The summed E-state index contributed by atoms with van der Waals surface area (Å²) in [5.41, 5.74) is -0.119. The van der Waals surface area contributed by atoms with Gasteiger partial charge in [0.15, 0.2) is 5.82 Å². The van der Waals surface area contributed by atoms with Crippen molar-refractivity contribution in [2.45, 2.75) is 23.4 Å². The molecule has 1 N–H and O–H groups in total. The molecule has 136 valence electrons. The molecule has 0 spiro atoms. The summed E-state index contributed by atoms with van der Waals surface area (Å²) in [5, 5.41) is 2.71. The Morgan fingerprint density at radius 2 is 2.12 bits per heavy atom. The molecule has 0 saturated carbocycles. The number of rotatable bonds is 2. The number of halogens is 1. The van der Waals surface area contributed by atoms with Gasteiger partial charge in [0, 0.05) is 18.8 Å².